The Labute approximate surface area is 168 Å². The molecule has 0 fully saturated rings. The zero-order chi connectivity index (χ0) is 21.0. The predicted octanol–water partition coefficient (Wildman–Crippen LogP) is 5.43. The SMILES string of the molecule is COc1ccc2cc([C@H](C)C(=O)NC(C)c3cccc(OC(F)F)c3)ccc2c1. The first-order chi connectivity index (χ1) is 13.9. The second-order valence-electron chi connectivity index (χ2n) is 6.88. The number of methoxy groups -OCH3 is 1. The van der Waals surface area contributed by atoms with Gasteiger partial charge in [0.25, 0.3) is 0 Å². The van der Waals surface area contributed by atoms with Crippen LogP contribution in [-0.2, 0) is 4.79 Å². The Morgan fingerprint density at radius 2 is 1.62 bits per heavy atom. The van der Waals surface area contributed by atoms with Gasteiger partial charge in [0.1, 0.15) is 11.5 Å². The lowest BCUT2D eigenvalue weighted by Gasteiger charge is -2.19. The molecule has 0 aliphatic heterocycles. The fourth-order valence-corrected chi connectivity index (χ4v) is 3.17. The zero-order valence-corrected chi connectivity index (χ0v) is 16.5. The molecule has 1 amide bonds. The molecule has 0 aliphatic rings. The number of fused-ring (bicyclic) bond motifs is 1. The van der Waals surface area contributed by atoms with Gasteiger partial charge in [0.05, 0.1) is 19.1 Å². The van der Waals surface area contributed by atoms with Crippen LogP contribution in [0.1, 0.15) is 36.9 Å². The number of halogens is 2. The van der Waals surface area contributed by atoms with Crippen LogP contribution in [0.4, 0.5) is 8.78 Å². The molecule has 152 valence electrons. The maximum absolute atomic E-state index is 12.7. The van der Waals surface area contributed by atoms with Crippen LogP contribution < -0.4 is 14.8 Å². The van der Waals surface area contributed by atoms with Crippen molar-refractivity contribution in [2.75, 3.05) is 7.11 Å². The Balaban J connectivity index is 1.72. The van der Waals surface area contributed by atoms with Crippen molar-refractivity contribution in [2.45, 2.75) is 32.4 Å². The van der Waals surface area contributed by atoms with Gasteiger partial charge in [-0.1, -0.05) is 36.4 Å². The molecule has 0 aliphatic carbocycles. The van der Waals surface area contributed by atoms with E-state index in [1.165, 1.54) is 12.1 Å². The standard InChI is InChI=1S/C23H23F2NO3/c1-14(16-7-8-19-13-20(28-3)10-9-18(19)11-16)22(27)26-15(2)17-5-4-6-21(12-17)29-23(24)25/h4-15,23H,1-3H3,(H,26,27)/t14-,15?/m0/s1. The number of hydrogen-bond acceptors (Lipinski definition) is 3. The minimum Gasteiger partial charge on any atom is -0.497 e. The number of ether oxygens (including phenoxy) is 2. The summed E-state index contributed by atoms with van der Waals surface area (Å²) < 4.78 is 34.5. The van der Waals surface area contributed by atoms with Gasteiger partial charge < -0.3 is 14.8 Å². The second-order valence-corrected chi connectivity index (χ2v) is 6.88. The van der Waals surface area contributed by atoms with E-state index in [0.29, 0.717) is 5.56 Å². The van der Waals surface area contributed by atoms with Crippen LogP contribution in [0.25, 0.3) is 10.8 Å². The second kappa shape index (κ2) is 8.90. The van der Waals surface area contributed by atoms with E-state index in [1.807, 2.05) is 43.3 Å². The van der Waals surface area contributed by atoms with Gasteiger partial charge in [0.2, 0.25) is 5.91 Å². The molecule has 1 N–H and O–H groups in total. The Morgan fingerprint density at radius 1 is 0.897 bits per heavy atom. The predicted molar refractivity (Wildman–Crippen MR) is 109 cm³/mol. The van der Waals surface area contributed by atoms with E-state index in [-0.39, 0.29) is 23.6 Å². The molecule has 3 aromatic rings. The quantitative estimate of drug-likeness (QED) is 0.576. The summed E-state index contributed by atoms with van der Waals surface area (Å²) in [5.41, 5.74) is 1.58. The number of amides is 1. The lowest BCUT2D eigenvalue weighted by atomic mass is 9.96. The number of hydrogen-bond donors (Lipinski definition) is 1. The zero-order valence-electron chi connectivity index (χ0n) is 16.5. The molecule has 3 aromatic carbocycles. The number of nitrogens with one attached hydrogen (secondary N) is 1. The van der Waals surface area contributed by atoms with Crippen molar-refractivity contribution >= 4 is 16.7 Å². The third-order valence-corrected chi connectivity index (χ3v) is 4.91. The van der Waals surface area contributed by atoms with Crippen LogP contribution in [0.5, 0.6) is 11.5 Å². The molecule has 0 heterocycles. The van der Waals surface area contributed by atoms with E-state index < -0.39 is 6.61 Å². The third kappa shape index (κ3) is 5.02. The first kappa shape index (κ1) is 20.6. The number of benzene rings is 3. The monoisotopic (exact) mass is 399 g/mol. The molecule has 0 saturated carbocycles. The van der Waals surface area contributed by atoms with Crippen molar-refractivity contribution < 1.29 is 23.0 Å². The summed E-state index contributed by atoms with van der Waals surface area (Å²) >= 11 is 0. The van der Waals surface area contributed by atoms with Crippen LogP contribution >= 0.6 is 0 Å². The van der Waals surface area contributed by atoms with E-state index in [1.54, 1.807) is 26.2 Å². The molecule has 0 spiro atoms. The smallest absolute Gasteiger partial charge is 0.387 e. The average Bonchev–Trinajstić information content (AvgIpc) is 2.72. The van der Waals surface area contributed by atoms with Crippen molar-refractivity contribution in [3.8, 4) is 11.5 Å². The minimum absolute atomic E-state index is 0.0663. The molecule has 3 rings (SSSR count). The molecule has 4 nitrogen and oxygen atoms in total. The Kier molecular flexibility index (Phi) is 6.32. The van der Waals surface area contributed by atoms with Crippen LogP contribution in [0.3, 0.4) is 0 Å². The van der Waals surface area contributed by atoms with E-state index in [9.17, 15) is 13.6 Å². The molecular weight excluding hydrogens is 376 g/mol. The normalized spacial score (nSPS) is 13.2. The fraction of sp³-hybridized carbons (Fsp3) is 0.261. The van der Waals surface area contributed by atoms with Gasteiger partial charge in [-0.15, -0.1) is 0 Å². The number of carbonyl (C=O) groups is 1. The highest BCUT2D eigenvalue weighted by Crippen LogP contribution is 2.26. The van der Waals surface area contributed by atoms with Crippen molar-refractivity contribution in [3.63, 3.8) is 0 Å². The lowest BCUT2D eigenvalue weighted by molar-refractivity contribution is -0.122. The van der Waals surface area contributed by atoms with E-state index >= 15 is 0 Å². The molecule has 6 heteroatoms. The van der Waals surface area contributed by atoms with E-state index in [0.717, 1.165) is 22.1 Å². The number of alkyl halides is 2. The molecule has 0 bridgehead atoms. The van der Waals surface area contributed by atoms with Crippen LogP contribution in [0.2, 0.25) is 0 Å². The highest BCUT2D eigenvalue weighted by molar-refractivity contribution is 5.88. The average molecular weight is 399 g/mol. The van der Waals surface area contributed by atoms with Crippen molar-refractivity contribution in [2.24, 2.45) is 0 Å². The van der Waals surface area contributed by atoms with Gasteiger partial charge >= 0.3 is 6.61 Å². The molecule has 1 unspecified atom stereocenters. The van der Waals surface area contributed by atoms with E-state index in [4.69, 9.17) is 4.74 Å². The highest BCUT2D eigenvalue weighted by Gasteiger charge is 2.19. The minimum atomic E-state index is -2.89. The Bertz CT molecular complexity index is 1010. The Hall–Kier alpha value is -3.15. The fourth-order valence-electron chi connectivity index (χ4n) is 3.17. The lowest BCUT2D eigenvalue weighted by Crippen LogP contribution is -2.30. The molecular formula is C23H23F2NO3. The summed E-state index contributed by atoms with van der Waals surface area (Å²) in [5, 5.41) is 4.99. The van der Waals surface area contributed by atoms with Crippen LogP contribution in [0, 0.1) is 0 Å². The summed E-state index contributed by atoms with van der Waals surface area (Å²) in [7, 11) is 1.62. The summed E-state index contributed by atoms with van der Waals surface area (Å²) in [6.07, 6.45) is 0. The molecule has 0 saturated heterocycles. The third-order valence-electron chi connectivity index (χ3n) is 4.91. The van der Waals surface area contributed by atoms with Gasteiger partial charge in [-0.25, -0.2) is 0 Å². The van der Waals surface area contributed by atoms with Crippen molar-refractivity contribution in [1.29, 1.82) is 0 Å². The Morgan fingerprint density at radius 3 is 2.34 bits per heavy atom. The maximum Gasteiger partial charge on any atom is 0.387 e. The van der Waals surface area contributed by atoms with Crippen LogP contribution in [0.15, 0.2) is 60.7 Å². The van der Waals surface area contributed by atoms with Crippen molar-refractivity contribution in [1.82, 2.24) is 5.32 Å². The first-order valence-electron chi connectivity index (χ1n) is 9.30. The number of rotatable bonds is 7. The molecule has 2 atom stereocenters. The summed E-state index contributed by atoms with van der Waals surface area (Å²) in [6, 6.07) is 17.7. The summed E-state index contributed by atoms with van der Waals surface area (Å²) in [4.78, 5) is 12.7. The highest BCUT2D eigenvalue weighted by atomic mass is 19.3. The largest absolute Gasteiger partial charge is 0.497 e. The topological polar surface area (TPSA) is 47.6 Å². The van der Waals surface area contributed by atoms with Gasteiger partial charge in [-0.3, -0.25) is 4.79 Å². The van der Waals surface area contributed by atoms with Gasteiger partial charge in [-0.05, 0) is 60.0 Å². The van der Waals surface area contributed by atoms with E-state index in [2.05, 4.69) is 10.1 Å². The van der Waals surface area contributed by atoms with Crippen molar-refractivity contribution in [3.05, 3.63) is 71.8 Å². The van der Waals surface area contributed by atoms with Crippen LogP contribution in [-0.4, -0.2) is 19.6 Å². The first-order valence-corrected chi connectivity index (χ1v) is 9.30. The number of carbonyl (C=O) groups excluding carboxylic acids is 1. The molecule has 0 radical (unpaired) electrons. The van der Waals surface area contributed by atoms with Gasteiger partial charge in [-0.2, -0.15) is 8.78 Å². The van der Waals surface area contributed by atoms with Gasteiger partial charge in [0, 0.05) is 0 Å². The maximum atomic E-state index is 12.7. The summed E-state index contributed by atoms with van der Waals surface area (Å²) in [6.45, 7) is 0.755. The summed E-state index contributed by atoms with van der Waals surface area (Å²) in [5.74, 6) is 0.328. The molecule has 0 aromatic heterocycles. The van der Waals surface area contributed by atoms with Gasteiger partial charge in [0.15, 0.2) is 0 Å². The molecule has 29 heavy (non-hydrogen) atoms.